The normalized spacial score (nSPS) is 27.2. The van der Waals surface area contributed by atoms with Gasteiger partial charge in [0.2, 0.25) is 11.8 Å². The average molecular weight is 744 g/mol. The lowest BCUT2D eigenvalue weighted by atomic mass is 9.49. The molecule has 2 aromatic carbocycles. The summed E-state index contributed by atoms with van der Waals surface area (Å²) in [5.74, 6) is -8.60. The molecule has 0 bridgehead atoms. The number of phenols is 1. The van der Waals surface area contributed by atoms with E-state index in [9.17, 15) is 37.5 Å². The fourth-order valence-corrected chi connectivity index (χ4v) is 8.62. The highest BCUT2D eigenvalue weighted by molar-refractivity contribution is 6.33. The van der Waals surface area contributed by atoms with E-state index in [0.29, 0.717) is 49.5 Å². The lowest BCUT2D eigenvalue weighted by Crippen LogP contribution is -2.53. The van der Waals surface area contributed by atoms with E-state index >= 15 is 4.79 Å². The maximum absolute atomic E-state index is 15.1. The van der Waals surface area contributed by atoms with Crippen LogP contribution in [0.3, 0.4) is 0 Å². The second-order valence-corrected chi connectivity index (χ2v) is 13.8. The zero-order valence-corrected chi connectivity index (χ0v) is 28.2. The minimum Gasteiger partial charge on any atom is -0.508 e. The standard InChI is InChI=1S/C35H27Cl2F3N4O7/c1-15-11-16(3-10-25(15)45)27-20-8-9-21-26(31(48)43(29(21)46)33(50)51-2)22(20)13-23-30(47)44(32(49)34(23,27)17-4-6-19(36)7-5-17)42-28-24(37)12-18(14-41-28)35(38,39)40/h3-8,10-12,14,21-23,26-27,45H,9,13H2,1-2H3,(H,41,42)/t21-,22+,23-,26-,27-,34+/m0/s1. The summed E-state index contributed by atoms with van der Waals surface area (Å²) in [6, 6.07) is 11.6. The van der Waals surface area contributed by atoms with Crippen molar-refractivity contribution in [3.8, 4) is 5.75 Å². The molecule has 2 aliphatic heterocycles. The number of anilines is 1. The molecule has 51 heavy (non-hydrogen) atoms. The quantitative estimate of drug-likeness (QED) is 0.237. The number of aromatic hydroxyl groups is 1. The summed E-state index contributed by atoms with van der Waals surface area (Å²) >= 11 is 12.5. The molecule has 0 spiro atoms. The zero-order chi connectivity index (χ0) is 36.7. The Morgan fingerprint density at radius 1 is 1.02 bits per heavy atom. The predicted octanol–water partition coefficient (Wildman–Crippen LogP) is 6.17. The molecule has 2 aliphatic carbocycles. The largest absolute Gasteiger partial charge is 0.508 e. The summed E-state index contributed by atoms with van der Waals surface area (Å²) in [6.45, 7) is 1.65. The van der Waals surface area contributed by atoms with Crippen LogP contribution in [0.25, 0.3) is 0 Å². The van der Waals surface area contributed by atoms with Gasteiger partial charge in [0.15, 0.2) is 5.82 Å². The highest BCUT2D eigenvalue weighted by Crippen LogP contribution is 2.64. The number of hydrazine groups is 1. The Morgan fingerprint density at radius 3 is 2.35 bits per heavy atom. The maximum atomic E-state index is 15.1. The Hall–Kier alpha value is -4.95. The van der Waals surface area contributed by atoms with Crippen molar-refractivity contribution in [3.63, 3.8) is 0 Å². The third-order valence-corrected chi connectivity index (χ3v) is 11.0. The van der Waals surface area contributed by atoms with Gasteiger partial charge in [-0.2, -0.15) is 23.1 Å². The molecule has 0 unspecified atom stereocenters. The number of benzene rings is 2. The number of hydrogen-bond donors (Lipinski definition) is 2. The van der Waals surface area contributed by atoms with E-state index in [-0.39, 0.29) is 18.6 Å². The van der Waals surface area contributed by atoms with Crippen molar-refractivity contribution < 1.29 is 47.0 Å². The number of alkyl halides is 3. The van der Waals surface area contributed by atoms with E-state index in [0.717, 1.165) is 7.11 Å². The number of likely N-dealkylation sites (tertiary alicyclic amines) is 1. The molecule has 7 rings (SSSR count). The molecule has 4 aliphatic rings. The number of ether oxygens (including phenoxy) is 1. The fraction of sp³-hybridized carbons (Fsp3) is 0.314. The number of aryl methyl sites for hydroxylation is 1. The van der Waals surface area contributed by atoms with Gasteiger partial charge in [-0.3, -0.25) is 24.6 Å². The number of imide groups is 4. The Morgan fingerprint density at radius 2 is 1.73 bits per heavy atom. The molecule has 6 atom stereocenters. The Labute approximate surface area is 297 Å². The van der Waals surface area contributed by atoms with Crippen molar-refractivity contribution in [1.29, 1.82) is 0 Å². The number of allylic oxidation sites excluding steroid dienone is 2. The average Bonchev–Trinajstić information content (AvgIpc) is 3.47. The van der Waals surface area contributed by atoms with Crippen LogP contribution in [0.4, 0.5) is 23.8 Å². The van der Waals surface area contributed by atoms with E-state index in [1.807, 2.05) is 0 Å². The smallest absolute Gasteiger partial charge is 0.423 e. The summed E-state index contributed by atoms with van der Waals surface area (Å²) in [7, 11) is 1.04. The van der Waals surface area contributed by atoms with Crippen LogP contribution in [0.2, 0.25) is 10.0 Å². The van der Waals surface area contributed by atoms with Gasteiger partial charge in [0.1, 0.15) is 5.75 Å². The molecule has 2 saturated heterocycles. The van der Waals surface area contributed by atoms with Gasteiger partial charge < -0.3 is 9.84 Å². The number of nitrogens with zero attached hydrogens (tertiary/aromatic N) is 3. The zero-order valence-electron chi connectivity index (χ0n) is 26.7. The van der Waals surface area contributed by atoms with Crippen molar-refractivity contribution >= 4 is 58.7 Å². The topological polar surface area (TPSA) is 146 Å². The van der Waals surface area contributed by atoms with E-state index in [2.05, 4.69) is 10.4 Å². The molecule has 1 saturated carbocycles. The first kappa shape index (κ1) is 34.5. The van der Waals surface area contributed by atoms with Crippen molar-refractivity contribution in [2.75, 3.05) is 12.5 Å². The number of hydrogen-bond acceptors (Lipinski definition) is 9. The van der Waals surface area contributed by atoms with Gasteiger partial charge in [-0.15, -0.1) is 0 Å². The van der Waals surface area contributed by atoms with Crippen molar-refractivity contribution in [1.82, 2.24) is 14.9 Å². The van der Waals surface area contributed by atoms with Crippen LogP contribution in [0, 0.1) is 30.6 Å². The predicted molar refractivity (Wildman–Crippen MR) is 174 cm³/mol. The van der Waals surface area contributed by atoms with E-state index in [1.165, 1.54) is 6.07 Å². The summed E-state index contributed by atoms with van der Waals surface area (Å²) in [6.07, 6.45) is -3.71. The number of amides is 5. The van der Waals surface area contributed by atoms with Crippen LogP contribution in [-0.4, -0.2) is 56.8 Å². The second kappa shape index (κ2) is 12.1. The van der Waals surface area contributed by atoms with Crippen molar-refractivity contribution in [3.05, 3.63) is 98.7 Å². The minimum atomic E-state index is -4.76. The first-order valence-electron chi connectivity index (χ1n) is 15.7. The van der Waals surface area contributed by atoms with Gasteiger partial charge in [0, 0.05) is 17.1 Å². The number of phenolic OH excluding ortho intramolecular Hbond substituents is 1. The number of pyridine rings is 1. The van der Waals surface area contributed by atoms with Crippen molar-refractivity contribution in [2.45, 2.75) is 37.3 Å². The van der Waals surface area contributed by atoms with Gasteiger partial charge in [0.05, 0.1) is 40.9 Å². The first-order valence-corrected chi connectivity index (χ1v) is 16.5. The van der Waals surface area contributed by atoms with Crippen LogP contribution >= 0.6 is 23.2 Å². The summed E-state index contributed by atoms with van der Waals surface area (Å²) in [5, 5.41) is 11.0. The monoisotopic (exact) mass is 742 g/mol. The highest BCUT2D eigenvalue weighted by atomic mass is 35.5. The van der Waals surface area contributed by atoms with Crippen molar-refractivity contribution in [2.24, 2.45) is 23.7 Å². The van der Waals surface area contributed by atoms with E-state index < -0.39 is 87.3 Å². The fourth-order valence-electron chi connectivity index (χ4n) is 8.29. The number of halogens is 5. The van der Waals surface area contributed by atoms with Crippen LogP contribution in [-0.2, 0) is 35.5 Å². The molecule has 11 nitrogen and oxygen atoms in total. The number of carbonyl (C=O) groups is 5. The number of carbonyl (C=O) groups excluding carboxylic acids is 5. The molecule has 2 N–H and O–H groups in total. The van der Waals surface area contributed by atoms with Gasteiger partial charge in [-0.05, 0) is 66.6 Å². The third kappa shape index (κ3) is 5.09. The number of nitrogens with one attached hydrogen (secondary N) is 1. The molecule has 16 heteroatoms. The minimum absolute atomic E-state index is 0.0358. The van der Waals surface area contributed by atoms with Crippen LogP contribution in [0.5, 0.6) is 5.75 Å². The Kier molecular flexibility index (Phi) is 8.17. The lowest BCUT2D eigenvalue weighted by molar-refractivity contribution is -0.140. The van der Waals surface area contributed by atoms with Crippen LogP contribution < -0.4 is 5.43 Å². The molecule has 3 heterocycles. The molecule has 5 amide bonds. The van der Waals surface area contributed by atoms with E-state index in [1.54, 1.807) is 49.4 Å². The van der Waals surface area contributed by atoms with Crippen LogP contribution in [0.15, 0.2) is 66.4 Å². The van der Waals surface area contributed by atoms with E-state index in [4.69, 9.17) is 27.9 Å². The molecule has 0 radical (unpaired) electrons. The van der Waals surface area contributed by atoms with Gasteiger partial charge >= 0.3 is 12.3 Å². The summed E-state index contributed by atoms with van der Waals surface area (Å²) < 4.78 is 44.9. The molecular weight excluding hydrogens is 716 g/mol. The molecule has 264 valence electrons. The molecule has 3 aromatic rings. The number of methoxy groups -OCH3 is 1. The first-order chi connectivity index (χ1) is 24.1. The summed E-state index contributed by atoms with van der Waals surface area (Å²) in [4.78, 5) is 73.8. The maximum Gasteiger partial charge on any atom is 0.423 e. The molecule has 1 aromatic heterocycles. The third-order valence-electron chi connectivity index (χ3n) is 10.5. The molecule has 3 fully saturated rings. The van der Waals surface area contributed by atoms with Gasteiger partial charge in [-0.25, -0.2) is 9.78 Å². The highest BCUT2D eigenvalue weighted by Gasteiger charge is 2.70. The Bertz CT molecular complexity index is 2070. The number of rotatable bonds is 4. The molecular formula is C35H27Cl2F3N4O7. The van der Waals surface area contributed by atoms with Gasteiger partial charge in [0.25, 0.3) is 11.8 Å². The number of fused-ring (bicyclic) bond motifs is 4. The van der Waals surface area contributed by atoms with Gasteiger partial charge in [-0.1, -0.05) is 59.1 Å². The summed E-state index contributed by atoms with van der Waals surface area (Å²) in [5.41, 5.74) is 1.54. The lowest BCUT2D eigenvalue weighted by Gasteiger charge is -2.50. The Balaban J connectivity index is 1.44. The SMILES string of the molecule is COC(=O)N1C(=O)[C@H]2[C@H](CC=C3[C@H]2C[C@H]2C(=O)N(Nc4ncc(C(F)(F)F)cc4Cl)C(=O)[C@@]2(c2ccc(Cl)cc2)[C@H]3c2ccc(O)c(C)c2)C1=O. The second-order valence-electron chi connectivity index (χ2n) is 12.9. The van der Waals surface area contributed by atoms with Crippen LogP contribution in [0.1, 0.15) is 41.0 Å². The number of aromatic nitrogens is 1.